The van der Waals surface area contributed by atoms with Crippen molar-refractivity contribution in [1.29, 1.82) is 0 Å². The Balaban J connectivity index is 1.90. The predicted octanol–water partition coefficient (Wildman–Crippen LogP) is 4.15. The zero-order valence-corrected chi connectivity index (χ0v) is 17.3. The summed E-state index contributed by atoms with van der Waals surface area (Å²) >= 11 is 6.06. The molecule has 7 heteroatoms. The van der Waals surface area contributed by atoms with Gasteiger partial charge in [-0.2, -0.15) is 0 Å². The van der Waals surface area contributed by atoms with E-state index in [2.05, 4.69) is 10.0 Å². The molecule has 0 unspecified atom stereocenters. The zero-order valence-electron chi connectivity index (χ0n) is 15.8. The van der Waals surface area contributed by atoms with Crippen LogP contribution in [0.4, 0.5) is 5.69 Å². The van der Waals surface area contributed by atoms with Crippen LogP contribution in [0.25, 0.3) is 0 Å². The summed E-state index contributed by atoms with van der Waals surface area (Å²) in [5, 5.41) is 3.42. The van der Waals surface area contributed by atoms with Crippen molar-refractivity contribution in [2.24, 2.45) is 5.92 Å². The van der Waals surface area contributed by atoms with Crippen molar-refractivity contribution in [2.75, 3.05) is 11.9 Å². The lowest BCUT2D eigenvalue weighted by Gasteiger charge is -2.10. The topological polar surface area (TPSA) is 75.3 Å². The maximum absolute atomic E-state index is 12.2. The summed E-state index contributed by atoms with van der Waals surface area (Å²) in [5.74, 6) is 0.117. The number of sulfonamides is 1. The van der Waals surface area contributed by atoms with Gasteiger partial charge in [0.05, 0.1) is 4.90 Å². The Morgan fingerprint density at radius 3 is 2.37 bits per heavy atom. The van der Waals surface area contributed by atoms with Crippen LogP contribution in [-0.4, -0.2) is 20.9 Å². The Morgan fingerprint density at radius 1 is 1.11 bits per heavy atom. The molecule has 2 N–H and O–H groups in total. The molecule has 0 saturated heterocycles. The standard InChI is InChI=1S/C20H25ClN2O3S/c1-14(2)13-22-27(25,26)18-9-5-16(6-10-18)7-11-20(24)23-17-8-4-15(3)19(21)12-17/h4-6,8-10,12,14,22H,7,11,13H2,1-3H3,(H,23,24). The van der Waals surface area contributed by atoms with Crippen LogP contribution in [0.1, 0.15) is 31.4 Å². The quantitative estimate of drug-likeness (QED) is 0.688. The highest BCUT2D eigenvalue weighted by molar-refractivity contribution is 7.89. The summed E-state index contributed by atoms with van der Waals surface area (Å²) in [5.41, 5.74) is 2.51. The summed E-state index contributed by atoms with van der Waals surface area (Å²) < 4.78 is 26.9. The molecule has 0 bridgehead atoms. The second kappa shape index (κ2) is 9.35. The average molecular weight is 409 g/mol. The van der Waals surface area contributed by atoms with Gasteiger partial charge < -0.3 is 5.32 Å². The van der Waals surface area contributed by atoms with Gasteiger partial charge in [0, 0.05) is 23.7 Å². The van der Waals surface area contributed by atoms with Crippen molar-refractivity contribution in [3.05, 3.63) is 58.6 Å². The lowest BCUT2D eigenvalue weighted by atomic mass is 10.1. The maximum atomic E-state index is 12.2. The van der Waals surface area contributed by atoms with Crippen LogP contribution in [0.5, 0.6) is 0 Å². The van der Waals surface area contributed by atoms with Gasteiger partial charge in [-0.1, -0.05) is 43.6 Å². The SMILES string of the molecule is Cc1ccc(NC(=O)CCc2ccc(S(=O)(=O)NCC(C)C)cc2)cc1Cl. The van der Waals surface area contributed by atoms with Gasteiger partial charge in [-0.05, 0) is 54.7 Å². The van der Waals surface area contributed by atoms with Gasteiger partial charge in [0.15, 0.2) is 0 Å². The summed E-state index contributed by atoms with van der Waals surface area (Å²) in [4.78, 5) is 12.3. The van der Waals surface area contributed by atoms with Crippen molar-refractivity contribution in [3.8, 4) is 0 Å². The molecular formula is C20H25ClN2O3S. The third-order valence-corrected chi connectivity index (χ3v) is 5.86. The van der Waals surface area contributed by atoms with E-state index in [1.54, 1.807) is 30.3 Å². The number of anilines is 1. The summed E-state index contributed by atoms with van der Waals surface area (Å²) in [6.07, 6.45) is 0.814. The monoisotopic (exact) mass is 408 g/mol. The molecule has 5 nitrogen and oxygen atoms in total. The first-order valence-corrected chi connectivity index (χ1v) is 10.7. The van der Waals surface area contributed by atoms with E-state index in [4.69, 9.17) is 11.6 Å². The van der Waals surface area contributed by atoms with E-state index in [0.717, 1.165) is 11.1 Å². The molecule has 0 saturated carbocycles. The molecule has 0 radical (unpaired) electrons. The van der Waals surface area contributed by atoms with Gasteiger partial charge in [0.25, 0.3) is 0 Å². The van der Waals surface area contributed by atoms with Gasteiger partial charge in [-0.15, -0.1) is 0 Å². The normalized spacial score (nSPS) is 11.6. The molecule has 2 rings (SSSR count). The first kappa shape index (κ1) is 21.4. The van der Waals surface area contributed by atoms with E-state index < -0.39 is 10.0 Å². The van der Waals surface area contributed by atoms with Crippen LogP contribution >= 0.6 is 11.6 Å². The molecule has 0 spiro atoms. The van der Waals surface area contributed by atoms with E-state index in [1.807, 2.05) is 32.9 Å². The Bertz CT molecular complexity index is 894. The molecule has 1 amide bonds. The number of carbonyl (C=O) groups is 1. The van der Waals surface area contributed by atoms with Gasteiger partial charge in [0.2, 0.25) is 15.9 Å². The maximum Gasteiger partial charge on any atom is 0.240 e. The van der Waals surface area contributed by atoms with E-state index in [9.17, 15) is 13.2 Å². The van der Waals surface area contributed by atoms with Crippen molar-refractivity contribution in [2.45, 2.75) is 38.5 Å². The number of halogens is 1. The Labute approximate surface area is 166 Å². The molecule has 0 aliphatic carbocycles. The van der Waals surface area contributed by atoms with Crippen LogP contribution in [0, 0.1) is 12.8 Å². The third kappa shape index (κ3) is 6.65. The van der Waals surface area contributed by atoms with Crippen LogP contribution in [0.3, 0.4) is 0 Å². The van der Waals surface area contributed by atoms with Gasteiger partial charge in [-0.3, -0.25) is 4.79 Å². The van der Waals surface area contributed by atoms with Crippen molar-refractivity contribution >= 4 is 33.2 Å². The van der Waals surface area contributed by atoms with Gasteiger partial charge in [-0.25, -0.2) is 13.1 Å². The number of benzene rings is 2. The fourth-order valence-corrected chi connectivity index (χ4v) is 3.74. The van der Waals surface area contributed by atoms with Crippen LogP contribution in [-0.2, 0) is 21.2 Å². The predicted molar refractivity (Wildman–Crippen MR) is 110 cm³/mol. The van der Waals surface area contributed by atoms with Crippen molar-refractivity contribution < 1.29 is 13.2 Å². The fraction of sp³-hybridized carbons (Fsp3) is 0.350. The molecular weight excluding hydrogens is 384 g/mol. The van der Waals surface area contributed by atoms with Gasteiger partial charge >= 0.3 is 0 Å². The minimum Gasteiger partial charge on any atom is -0.326 e. The molecule has 2 aromatic rings. The second-order valence-corrected chi connectivity index (χ2v) is 9.08. The van der Waals surface area contributed by atoms with Crippen LogP contribution < -0.4 is 10.0 Å². The Morgan fingerprint density at radius 2 is 1.78 bits per heavy atom. The number of nitrogens with one attached hydrogen (secondary N) is 2. The van der Waals surface area contributed by atoms with E-state index in [-0.39, 0.29) is 16.7 Å². The minimum atomic E-state index is -3.49. The molecule has 0 atom stereocenters. The van der Waals surface area contributed by atoms with Crippen molar-refractivity contribution in [3.63, 3.8) is 0 Å². The largest absolute Gasteiger partial charge is 0.326 e. The average Bonchev–Trinajstić information content (AvgIpc) is 2.62. The Hall–Kier alpha value is -1.89. The summed E-state index contributed by atoms with van der Waals surface area (Å²) in [6.45, 7) is 6.19. The lowest BCUT2D eigenvalue weighted by Crippen LogP contribution is -2.27. The molecule has 146 valence electrons. The molecule has 0 heterocycles. The van der Waals surface area contributed by atoms with Gasteiger partial charge in [0.1, 0.15) is 0 Å². The summed E-state index contributed by atoms with van der Waals surface area (Å²) in [7, 11) is -3.49. The van der Waals surface area contributed by atoms with Crippen LogP contribution in [0.2, 0.25) is 5.02 Å². The number of aryl methyl sites for hydroxylation is 2. The van der Waals surface area contributed by atoms with E-state index >= 15 is 0 Å². The highest BCUT2D eigenvalue weighted by atomic mass is 35.5. The molecule has 0 fully saturated rings. The first-order chi connectivity index (χ1) is 12.7. The second-order valence-electron chi connectivity index (χ2n) is 6.90. The minimum absolute atomic E-state index is 0.120. The fourth-order valence-electron chi connectivity index (χ4n) is 2.35. The molecule has 27 heavy (non-hydrogen) atoms. The van der Waals surface area contributed by atoms with E-state index in [1.165, 1.54) is 0 Å². The van der Waals surface area contributed by atoms with Crippen LogP contribution in [0.15, 0.2) is 47.4 Å². The molecule has 0 aliphatic rings. The number of rotatable bonds is 8. The number of carbonyl (C=O) groups excluding carboxylic acids is 1. The highest BCUT2D eigenvalue weighted by Gasteiger charge is 2.14. The smallest absolute Gasteiger partial charge is 0.240 e. The first-order valence-electron chi connectivity index (χ1n) is 8.82. The third-order valence-electron chi connectivity index (χ3n) is 4.01. The highest BCUT2D eigenvalue weighted by Crippen LogP contribution is 2.20. The summed E-state index contributed by atoms with van der Waals surface area (Å²) in [6, 6.07) is 12.0. The van der Waals surface area contributed by atoms with Crippen molar-refractivity contribution in [1.82, 2.24) is 4.72 Å². The van der Waals surface area contributed by atoms with E-state index in [0.29, 0.717) is 30.1 Å². The molecule has 0 aliphatic heterocycles. The number of hydrogen-bond acceptors (Lipinski definition) is 3. The number of amides is 1. The molecule has 2 aromatic carbocycles. The number of hydrogen-bond donors (Lipinski definition) is 2. The zero-order chi connectivity index (χ0) is 20.0. The lowest BCUT2D eigenvalue weighted by molar-refractivity contribution is -0.116. The molecule has 0 aromatic heterocycles. The Kier molecular flexibility index (Phi) is 7.41.